The van der Waals surface area contributed by atoms with Gasteiger partial charge >= 0.3 is 0 Å². The molecule has 0 heterocycles. The first-order chi connectivity index (χ1) is 7.22. The summed E-state index contributed by atoms with van der Waals surface area (Å²) in [6, 6.07) is 0. The lowest BCUT2D eigenvalue weighted by molar-refractivity contribution is 0.0226. The van der Waals surface area contributed by atoms with E-state index in [1.807, 2.05) is 0 Å². The zero-order valence-electron chi connectivity index (χ0n) is 10.7. The molecule has 0 spiro atoms. The van der Waals surface area contributed by atoms with Gasteiger partial charge in [-0.1, -0.05) is 52.9 Å². The van der Waals surface area contributed by atoms with Crippen LogP contribution in [0.5, 0.6) is 0 Å². The van der Waals surface area contributed by atoms with Crippen LogP contribution in [0.15, 0.2) is 0 Å². The molecule has 1 atom stereocenters. The molecule has 1 aliphatic carbocycles. The average molecular weight is 212 g/mol. The second kappa shape index (κ2) is 6.52. The first kappa shape index (κ1) is 13.0. The van der Waals surface area contributed by atoms with Crippen molar-refractivity contribution < 1.29 is 5.11 Å². The zero-order chi connectivity index (χ0) is 11.3. The maximum absolute atomic E-state index is 10.3. The third-order valence-electron chi connectivity index (χ3n) is 4.48. The van der Waals surface area contributed by atoms with Gasteiger partial charge in [-0.3, -0.25) is 0 Å². The quantitative estimate of drug-likeness (QED) is 0.730. The van der Waals surface area contributed by atoms with Gasteiger partial charge in [-0.2, -0.15) is 0 Å². The first-order valence-electron chi connectivity index (χ1n) is 6.90. The van der Waals surface area contributed by atoms with Crippen molar-refractivity contribution in [2.45, 2.75) is 71.8 Å². The molecule has 0 aromatic rings. The number of aliphatic hydroxyl groups is 1. The van der Waals surface area contributed by atoms with Gasteiger partial charge in [-0.15, -0.1) is 0 Å². The van der Waals surface area contributed by atoms with Crippen LogP contribution < -0.4 is 0 Å². The van der Waals surface area contributed by atoms with Gasteiger partial charge < -0.3 is 5.11 Å². The van der Waals surface area contributed by atoms with Crippen LogP contribution in [0.2, 0.25) is 0 Å². The molecule has 0 saturated heterocycles. The maximum atomic E-state index is 10.3. The number of hydrogen-bond donors (Lipinski definition) is 1. The van der Waals surface area contributed by atoms with E-state index < -0.39 is 0 Å². The molecule has 0 aromatic heterocycles. The Labute approximate surface area is 95.3 Å². The van der Waals surface area contributed by atoms with Gasteiger partial charge in [0, 0.05) is 0 Å². The molecule has 0 radical (unpaired) electrons. The fourth-order valence-corrected chi connectivity index (χ4v) is 3.09. The molecule has 90 valence electrons. The number of aliphatic hydroxyl groups excluding tert-OH is 1. The van der Waals surface area contributed by atoms with Crippen molar-refractivity contribution in [1.82, 2.24) is 0 Å². The van der Waals surface area contributed by atoms with E-state index >= 15 is 0 Å². The Morgan fingerprint density at radius 3 is 1.93 bits per heavy atom. The molecule has 1 nitrogen and oxygen atoms in total. The first-order valence-corrected chi connectivity index (χ1v) is 6.90. The lowest BCUT2D eigenvalue weighted by atomic mass is 9.75. The predicted octanol–water partition coefficient (Wildman–Crippen LogP) is 4.00. The Morgan fingerprint density at radius 2 is 1.53 bits per heavy atom. The van der Waals surface area contributed by atoms with Crippen molar-refractivity contribution in [2.24, 2.45) is 17.8 Å². The van der Waals surface area contributed by atoms with Gasteiger partial charge in [0.2, 0.25) is 0 Å². The molecular weight excluding hydrogens is 184 g/mol. The van der Waals surface area contributed by atoms with Crippen molar-refractivity contribution in [3.63, 3.8) is 0 Å². The Morgan fingerprint density at radius 1 is 1.00 bits per heavy atom. The summed E-state index contributed by atoms with van der Waals surface area (Å²) in [4.78, 5) is 0. The summed E-state index contributed by atoms with van der Waals surface area (Å²) in [6.07, 6.45) is 8.77. The largest absolute Gasteiger partial charge is 0.393 e. The Bertz CT molecular complexity index is 155. The summed E-state index contributed by atoms with van der Waals surface area (Å²) in [7, 11) is 0. The topological polar surface area (TPSA) is 20.2 Å². The minimum Gasteiger partial charge on any atom is -0.393 e. The van der Waals surface area contributed by atoms with Crippen molar-refractivity contribution in [1.29, 1.82) is 0 Å². The molecule has 1 unspecified atom stereocenters. The van der Waals surface area contributed by atoms with E-state index in [9.17, 15) is 5.11 Å². The lowest BCUT2D eigenvalue weighted by Gasteiger charge is -2.34. The SMILES string of the molecule is CCC1CCC(C(O)C(CC)CC)CC1. The van der Waals surface area contributed by atoms with Crippen LogP contribution in [-0.4, -0.2) is 11.2 Å². The molecule has 0 amide bonds. The highest BCUT2D eigenvalue weighted by Crippen LogP contribution is 2.35. The van der Waals surface area contributed by atoms with Crippen LogP contribution in [0.4, 0.5) is 0 Å². The molecule has 1 heteroatoms. The molecule has 1 rings (SSSR count). The molecule has 0 aromatic carbocycles. The Balaban J connectivity index is 2.38. The standard InChI is InChI=1S/C14H28O/c1-4-11-7-9-13(10-8-11)14(15)12(5-2)6-3/h11-15H,4-10H2,1-3H3. The predicted molar refractivity (Wildman–Crippen MR) is 65.8 cm³/mol. The summed E-state index contributed by atoms with van der Waals surface area (Å²) < 4.78 is 0. The van der Waals surface area contributed by atoms with Gasteiger partial charge in [0.1, 0.15) is 0 Å². The van der Waals surface area contributed by atoms with Crippen molar-refractivity contribution in [3.05, 3.63) is 0 Å². The third kappa shape index (κ3) is 3.48. The van der Waals surface area contributed by atoms with Gasteiger partial charge in [0.25, 0.3) is 0 Å². The van der Waals surface area contributed by atoms with E-state index in [0.717, 1.165) is 18.8 Å². The zero-order valence-corrected chi connectivity index (χ0v) is 10.7. The van der Waals surface area contributed by atoms with Crippen molar-refractivity contribution in [3.8, 4) is 0 Å². The molecule has 1 saturated carbocycles. The number of rotatable bonds is 5. The normalized spacial score (nSPS) is 29.4. The average Bonchev–Trinajstić information content (AvgIpc) is 2.30. The van der Waals surface area contributed by atoms with Gasteiger partial charge in [0.15, 0.2) is 0 Å². The smallest absolute Gasteiger partial charge is 0.0596 e. The molecule has 0 bridgehead atoms. The van der Waals surface area contributed by atoms with Crippen molar-refractivity contribution in [2.75, 3.05) is 0 Å². The Hall–Kier alpha value is -0.0400. The molecule has 1 fully saturated rings. The van der Waals surface area contributed by atoms with Gasteiger partial charge in [0.05, 0.1) is 6.10 Å². The summed E-state index contributed by atoms with van der Waals surface area (Å²) in [5.41, 5.74) is 0. The summed E-state index contributed by atoms with van der Waals surface area (Å²) >= 11 is 0. The van der Waals surface area contributed by atoms with Gasteiger partial charge in [-0.05, 0) is 30.6 Å². The molecule has 0 aliphatic heterocycles. The van der Waals surface area contributed by atoms with E-state index in [4.69, 9.17) is 0 Å². The van der Waals surface area contributed by atoms with Crippen LogP contribution >= 0.6 is 0 Å². The molecular formula is C14H28O. The molecule has 1 N–H and O–H groups in total. The fourth-order valence-electron chi connectivity index (χ4n) is 3.09. The van der Waals surface area contributed by atoms with E-state index in [-0.39, 0.29) is 6.10 Å². The van der Waals surface area contributed by atoms with Crippen molar-refractivity contribution >= 4 is 0 Å². The maximum Gasteiger partial charge on any atom is 0.0596 e. The highest BCUT2D eigenvalue weighted by Gasteiger charge is 2.29. The molecule has 15 heavy (non-hydrogen) atoms. The fraction of sp³-hybridized carbons (Fsp3) is 1.00. The lowest BCUT2D eigenvalue weighted by Crippen LogP contribution is -2.31. The highest BCUT2D eigenvalue weighted by atomic mass is 16.3. The summed E-state index contributed by atoms with van der Waals surface area (Å²) in [5.74, 6) is 2.07. The van der Waals surface area contributed by atoms with Crippen LogP contribution in [-0.2, 0) is 0 Å². The highest BCUT2D eigenvalue weighted by molar-refractivity contribution is 4.80. The van der Waals surface area contributed by atoms with Crippen LogP contribution in [0.1, 0.15) is 65.7 Å². The Kier molecular flexibility index (Phi) is 5.66. The number of hydrogen-bond acceptors (Lipinski definition) is 1. The van der Waals surface area contributed by atoms with E-state index in [0.29, 0.717) is 11.8 Å². The van der Waals surface area contributed by atoms with E-state index in [1.54, 1.807) is 0 Å². The molecule has 1 aliphatic rings. The van der Waals surface area contributed by atoms with E-state index in [1.165, 1.54) is 32.1 Å². The van der Waals surface area contributed by atoms with Crippen LogP contribution in [0.25, 0.3) is 0 Å². The minimum atomic E-state index is -0.0298. The van der Waals surface area contributed by atoms with E-state index in [2.05, 4.69) is 20.8 Å². The van der Waals surface area contributed by atoms with Crippen LogP contribution in [0.3, 0.4) is 0 Å². The van der Waals surface area contributed by atoms with Gasteiger partial charge in [-0.25, -0.2) is 0 Å². The second-order valence-electron chi connectivity index (χ2n) is 5.26. The monoisotopic (exact) mass is 212 g/mol. The third-order valence-corrected chi connectivity index (χ3v) is 4.48. The minimum absolute atomic E-state index is 0.0298. The summed E-state index contributed by atoms with van der Waals surface area (Å²) in [6.45, 7) is 6.70. The summed E-state index contributed by atoms with van der Waals surface area (Å²) in [5, 5.41) is 10.3. The second-order valence-corrected chi connectivity index (χ2v) is 5.26. The van der Waals surface area contributed by atoms with Crippen LogP contribution in [0, 0.1) is 17.8 Å².